The normalized spacial score (nSPS) is 33.3. The standard InChI is InChI=1S/C16H20N2O4/c1-15-9-12(21-10-11-7-5-4-6-8-11)16(22-15,13(19)17-2)14(20)18(15)3/h4-8,12H,9-10H2,1-3H3,(H,17,19)/t12-,15-,16-/m1/s1. The average Bonchev–Trinajstić information content (AvgIpc) is 2.95. The first-order chi connectivity index (χ1) is 10.4. The predicted molar refractivity (Wildman–Crippen MR) is 78.7 cm³/mol. The molecule has 2 heterocycles. The number of hydrogen-bond donors (Lipinski definition) is 1. The lowest BCUT2D eigenvalue weighted by Gasteiger charge is -2.34. The number of fused-ring (bicyclic) bond motifs is 2. The van der Waals surface area contributed by atoms with Crippen LogP contribution in [-0.4, -0.2) is 48.2 Å². The molecule has 118 valence electrons. The molecule has 6 heteroatoms. The van der Waals surface area contributed by atoms with Crippen molar-refractivity contribution in [2.45, 2.75) is 37.4 Å². The van der Waals surface area contributed by atoms with Gasteiger partial charge in [-0.3, -0.25) is 9.59 Å². The molecular formula is C16H20N2O4. The molecule has 0 unspecified atom stereocenters. The maximum absolute atomic E-state index is 12.6. The van der Waals surface area contributed by atoms with Crippen LogP contribution in [0.4, 0.5) is 0 Å². The summed E-state index contributed by atoms with van der Waals surface area (Å²) in [6.07, 6.45) is -0.128. The summed E-state index contributed by atoms with van der Waals surface area (Å²) in [5.74, 6) is -0.803. The van der Waals surface area contributed by atoms with Gasteiger partial charge in [0, 0.05) is 20.5 Å². The van der Waals surface area contributed by atoms with E-state index in [0.29, 0.717) is 13.0 Å². The number of carbonyl (C=O) groups is 2. The summed E-state index contributed by atoms with van der Waals surface area (Å²) in [6, 6.07) is 9.65. The largest absolute Gasteiger partial charge is 0.369 e. The molecule has 0 radical (unpaired) electrons. The Bertz CT molecular complexity index is 605. The molecule has 0 spiro atoms. The summed E-state index contributed by atoms with van der Waals surface area (Å²) in [5, 5.41) is 2.53. The van der Waals surface area contributed by atoms with Gasteiger partial charge in [0.15, 0.2) is 0 Å². The fraction of sp³-hybridized carbons (Fsp3) is 0.500. The Hall–Kier alpha value is -1.92. The van der Waals surface area contributed by atoms with E-state index in [2.05, 4.69) is 5.32 Å². The molecule has 3 atom stereocenters. The molecule has 0 saturated carbocycles. The zero-order chi connectivity index (χ0) is 16.0. The summed E-state index contributed by atoms with van der Waals surface area (Å²) in [5.41, 5.74) is -1.39. The Morgan fingerprint density at radius 3 is 2.73 bits per heavy atom. The van der Waals surface area contributed by atoms with Gasteiger partial charge in [-0.2, -0.15) is 0 Å². The van der Waals surface area contributed by atoms with Crippen molar-refractivity contribution in [1.29, 1.82) is 0 Å². The van der Waals surface area contributed by atoms with Crippen LogP contribution >= 0.6 is 0 Å². The van der Waals surface area contributed by atoms with Crippen molar-refractivity contribution in [3.8, 4) is 0 Å². The maximum atomic E-state index is 12.6. The number of benzene rings is 1. The van der Waals surface area contributed by atoms with Gasteiger partial charge >= 0.3 is 0 Å². The Labute approximate surface area is 129 Å². The molecule has 2 saturated heterocycles. The molecule has 3 rings (SSSR count). The molecule has 2 aliphatic rings. The number of piperidine rings is 1. The van der Waals surface area contributed by atoms with Crippen molar-refractivity contribution in [2.75, 3.05) is 14.1 Å². The summed E-state index contributed by atoms with van der Waals surface area (Å²) in [6.45, 7) is 2.14. The van der Waals surface area contributed by atoms with Crippen LogP contribution in [0.25, 0.3) is 0 Å². The summed E-state index contributed by atoms with van der Waals surface area (Å²) < 4.78 is 11.8. The molecule has 1 aromatic carbocycles. The molecule has 6 nitrogen and oxygen atoms in total. The SMILES string of the molecule is CNC(=O)[C@]12O[C@](C)(C[C@H]1OCc1ccccc1)N(C)C2=O. The van der Waals surface area contributed by atoms with E-state index in [1.807, 2.05) is 37.3 Å². The lowest BCUT2D eigenvalue weighted by atomic mass is 9.88. The van der Waals surface area contributed by atoms with Gasteiger partial charge in [0.25, 0.3) is 17.4 Å². The third-order valence-corrected chi connectivity index (χ3v) is 4.59. The topological polar surface area (TPSA) is 67.9 Å². The van der Waals surface area contributed by atoms with Gasteiger partial charge in [0.2, 0.25) is 0 Å². The highest BCUT2D eigenvalue weighted by atomic mass is 16.6. The Morgan fingerprint density at radius 1 is 1.45 bits per heavy atom. The predicted octanol–water partition coefficient (Wildman–Crippen LogP) is 0.665. The molecule has 2 aliphatic heterocycles. The van der Waals surface area contributed by atoms with Gasteiger partial charge < -0.3 is 19.7 Å². The van der Waals surface area contributed by atoms with E-state index in [9.17, 15) is 9.59 Å². The number of likely N-dealkylation sites (tertiary alicyclic amines) is 1. The first-order valence-corrected chi connectivity index (χ1v) is 7.30. The number of carbonyl (C=O) groups excluding carboxylic acids is 2. The van der Waals surface area contributed by atoms with Gasteiger partial charge in [-0.25, -0.2) is 0 Å². The summed E-state index contributed by atoms with van der Waals surface area (Å²) >= 11 is 0. The molecule has 2 amide bonds. The number of ether oxygens (including phenoxy) is 2. The smallest absolute Gasteiger partial charge is 0.269 e. The van der Waals surface area contributed by atoms with Gasteiger partial charge in [-0.15, -0.1) is 0 Å². The van der Waals surface area contributed by atoms with Gasteiger partial charge in [-0.05, 0) is 12.5 Å². The van der Waals surface area contributed by atoms with Crippen molar-refractivity contribution in [3.63, 3.8) is 0 Å². The van der Waals surface area contributed by atoms with Crippen LogP contribution < -0.4 is 5.32 Å². The van der Waals surface area contributed by atoms with E-state index in [1.165, 1.54) is 11.9 Å². The van der Waals surface area contributed by atoms with Gasteiger partial charge in [0.1, 0.15) is 11.8 Å². The van der Waals surface area contributed by atoms with E-state index in [1.54, 1.807) is 7.05 Å². The summed E-state index contributed by atoms with van der Waals surface area (Å²) in [7, 11) is 3.15. The van der Waals surface area contributed by atoms with Crippen LogP contribution in [0, 0.1) is 0 Å². The molecular weight excluding hydrogens is 284 g/mol. The maximum Gasteiger partial charge on any atom is 0.269 e. The lowest BCUT2D eigenvalue weighted by Crippen LogP contribution is -2.61. The fourth-order valence-electron chi connectivity index (χ4n) is 3.22. The highest BCUT2D eigenvalue weighted by molar-refractivity contribution is 6.11. The minimum Gasteiger partial charge on any atom is -0.369 e. The second-order valence-electron chi connectivity index (χ2n) is 5.95. The second-order valence-corrected chi connectivity index (χ2v) is 5.95. The molecule has 22 heavy (non-hydrogen) atoms. The van der Waals surface area contributed by atoms with Gasteiger partial charge in [0.05, 0.1) is 6.61 Å². The Kier molecular flexibility index (Phi) is 3.45. The molecule has 0 aromatic heterocycles. The van der Waals surface area contributed by atoms with Crippen molar-refractivity contribution < 1.29 is 19.1 Å². The minimum atomic E-state index is -1.58. The summed E-state index contributed by atoms with van der Waals surface area (Å²) in [4.78, 5) is 26.4. The van der Waals surface area contributed by atoms with E-state index in [0.717, 1.165) is 5.56 Å². The van der Waals surface area contributed by atoms with E-state index in [-0.39, 0.29) is 5.91 Å². The highest BCUT2D eigenvalue weighted by Gasteiger charge is 2.72. The third kappa shape index (κ3) is 1.94. The molecule has 1 N–H and O–H groups in total. The number of rotatable bonds is 4. The zero-order valence-electron chi connectivity index (χ0n) is 13.0. The quantitative estimate of drug-likeness (QED) is 0.830. The van der Waals surface area contributed by atoms with Crippen molar-refractivity contribution in [2.24, 2.45) is 0 Å². The molecule has 1 aromatic rings. The minimum absolute atomic E-state index is 0.334. The number of likely N-dealkylation sites (N-methyl/N-ethyl adjacent to an activating group) is 2. The number of nitrogens with zero attached hydrogens (tertiary/aromatic N) is 1. The van der Waals surface area contributed by atoms with Crippen LogP contribution in [0.2, 0.25) is 0 Å². The van der Waals surface area contributed by atoms with E-state index < -0.39 is 23.3 Å². The number of amides is 2. The zero-order valence-corrected chi connectivity index (χ0v) is 13.0. The van der Waals surface area contributed by atoms with Crippen LogP contribution in [0.1, 0.15) is 18.9 Å². The first-order valence-electron chi connectivity index (χ1n) is 7.30. The molecule has 2 bridgehead atoms. The van der Waals surface area contributed by atoms with Crippen LogP contribution in [0.3, 0.4) is 0 Å². The molecule has 2 fully saturated rings. The van der Waals surface area contributed by atoms with Crippen LogP contribution in [0.15, 0.2) is 30.3 Å². The van der Waals surface area contributed by atoms with Crippen molar-refractivity contribution in [1.82, 2.24) is 10.2 Å². The van der Waals surface area contributed by atoms with Crippen molar-refractivity contribution >= 4 is 11.8 Å². The fourth-order valence-corrected chi connectivity index (χ4v) is 3.22. The van der Waals surface area contributed by atoms with Crippen molar-refractivity contribution in [3.05, 3.63) is 35.9 Å². The third-order valence-electron chi connectivity index (χ3n) is 4.59. The lowest BCUT2D eigenvalue weighted by molar-refractivity contribution is -0.162. The monoisotopic (exact) mass is 304 g/mol. The van der Waals surface area contributed by atoms with Crippen LogP contribution in [0.5, 0.6) is 0 Å². The van der Waals surface area contributed by atoms with Gasteiger partial charge in [-0.1, -0.05) is 30.3 Å². The average molecular weight is 304 g/mol. The Morgan fingerprint density at radius 2 is 2.14 bits per heavy atom. The second kappa shape index (κ2) is 5.07. The Balaban J connectivity index is 1.85. The first kappa shape index (κ1) is 15.0. The van der Waals surface area contributed by atoms with E-state index in [4.69, 9.17) is 9.47 Å². The van der Waals surface area contributed by atoms with Crippen LogP contribution in [-0.2, 0) is 25.7 Å². The van der Waals surface area contributed by atoms with E-state index >= 15 is 0 Å². The highest BCUT2D eigenvalue weighted by Crippen LogP contribution is 2.49. The molecule has 0 aliphatic carbocycles. The number of nitrogens with one attached hydrogen (secondary N) is 1. The number of hydrogen-bond acceptors (Lipinski definition) is 4.